The van der Waals surface area contributed by atoms with Gasteiger partial charge in [0.05, 0.1) is 0 Å². The van der Waals surface area contributed by atoms with Crippen LogP contribution in [0.1, 0.15) is 19.3 Å². The number of nitrogens with two attached hydrogens (primary N) is 2. The lowest BCUT2D eigenvalue weighted by molar-refractivity contribution is -0.151. The number of hydrogen-bond donors (Lipinski definition) is 3. The first kappa shape index (κ1) is 11.4. The summed E-state index contributed by atoms with van der Waals surface area (Å²) in [6.07, 6.45) is 2.44. The molecule has 82 valence electrons. The molecule has 1 heterocycles. The Kier molecular flexibility index (Phi) is 4.86. The molecule has 5 heteroatoms. The van der Waals surface area contributed by atoms with Crippen LogP contribution >= 0.6 is 0 Å². The topological polar surface area (TPSA) is 90.4 Å². The fourth-order valence-electron chi connectivity index (χ4n) is 1.47. The summed E-state index contributed by atoms with van der Waals surface area (Å²) >= 11 is 0. The number of carbonyl (C=O) groups is 1. The lowest BCUT2D eigenvalue weighted by Crippen LogP contribution is -2.41. The molecule has 1 saturated heterocycles. The molecule has 1 aliphatic heterocycles. The van der Waals surface area contributed by atoms with E-state index in [9.17, 15) is 4.79 Å². The minimum atomic E-state index is -0.568. The van der Waals surface area contributed by atoms with Crippen LogP contribution in [-0.4, -0.2) is 37.7 Å². The van der Waals surface area contributed by atoms with Crippen molar-refractivity contribution in [1.29, 1.82) is 0 Å². The number of hydrogen-bond acceptors (Lipinski definition) is 5. The predicted octanol–water partition coefficient (Wildman–Crippen LogP) is -1.04. The van der Waals surface area contributed by atoms with Crippen molar-refractivity contribution < 1.29 is 9.53 Å². The SMILES string of the molecule is NCCC(N)C(=O)OC1CCCNC1. The quantitative estimate of drug-likeness (QED) is 0.505. The molecule has 2 unspecified atom stereocenters. The summed E-state index contributed by atoms with van der Waals surface area (Å²) in [5.41, 5.74) is 10.9. The zero-order valence-electron chi connectivity index (χ0n) is 8.37. The molecule has 0 aromatic heterocycles. The van der Waals surface area contributed by atoms with E-state index in [4.69, 9.17) is 16.2 Å². The van der Waals surface area contributed by atoms with E-state index in [1.165, 1.54) is 0 Å². The van der Waals surface area contributed by atoms with Crippen LogP contribution in [-0.2, 0) is 9.53 Å². The maximum atomic E-state index is 11.4. The molecule has 5 N–H and O–H groups in total. The first-order valence-electron chi connectivity index (χ1n) is 5.11. The monoisotopic (exact) mass is 201 g/mol. The van der Waals surface area contributed by atoms with Crippen molar-refractivity contribution in [3.05, 3.63) is 0 Å². The molecule has 0 aromatic carbocycles. The molecule has 0 radical (unpaired) electrons. The Bertz CT molecular complexity index is 181. The summed E-state index contributed by atoms with van der Waals surface area (Å²) in [6.45, 7) is 2.16. The molecule has 14 heavy (non-hydrogen) atoms. The minimum Gasteiger partial charge on any atom is -0.460 e. The van der Waals surface area contributed by atoms with Crippen LogP contribution < -0.4 is 16.8 Å². The third-order valence-electron chi connectivity index (χ3n) is 2.31. The van der Waals surface area contributed by atoms with Gasteiger partial charge in [-0.05, 0) is 32.4 Å². The molecule has 0 spiro atoms. The van der Waals surface area contributed by atoms with E-state index in [0.29, 0.717) is 13.0 Å². The highest BCUT2D eigenvalue weighted by Crippen LogP contribution is 2.07. The molecule has 0 bridgehead atoms. The third-order valence-corrected chi connectivity index (χ3v) is 2.31. The van der Waals surface area contributed by atoms with Crippen molar-refractivity contribution in [2.24, 2.45) is 11.5 Å². The van der Waals surface area contributed by atoms with Crippen LogP contribution in [0.2, 0.25) is 0 Å². The van der Waals surface area contributed by atoms with Gasteiger partial charge < -0.3 is 21.5 Å². The summed E-state index contributed by atoms with van der Waals surface area (Å²) < 4.78 is 5.22. The highest BCUT2D eigenvalue weighted by atomic mass is 16.5. The minimum absolute atomic E-state index is 0.0138. The van der Waals surface area contributed by atoms with Crippen molar-refractivity contribution in [2.75, 3.05) is 19.6 Å². The zero-order valence-corrected chi connectivity index (χ0v) is 8.37. The maximum absolute atomic E-state index is 11.4. The van der Waals surface area contributed by atoms with E-state index in [-0.39, 0.29) is 12.1 Å². The van der Waals surface area contributed by atoms with E-state index >= 15 is 0 Å². The molecule has 0 aliphatic carbocycles. The fraction of sp³-hybridized carbons (Fsp3) is 0.889. The summed E-state index contributed by atoms with van der Waals surface area (Å²) in [5.74, 6) is -0.329. The Balaban J connectivity index is 2.24. The second-order valence-electron chi connectivity index (χ2n) is 3.59. The molecule has 0 saturated carbocycles. The van der Waals surface area contributed by atoms with Crippen LogP contribution in [0.5, 0.6) is 0 Å². The first-order chi connectivity index (χ1) is 6.74. The van der Waals surface area contributed by atoms with Gasteiger partial charge in [0, 0.05) is 6.54 Å². The van der Waals surface area contributed by atoms with Gasteiger partial charge in [0.15, 0.2) is 0 Å². The zero-order chi connectivity index (χ0) is 10.4. The Morgan fingerprint density at radius 2 is 2.43 bits per heavy atom. The van der Waals surface area contributed by atoms with Gasteiger partial charge >= 0.3 is 5.97 Å². The Labute approximate surface area is 84.2 Å². The van der Waals surface area contributed by atoms with Gasteiger partial charge in [0.1, 0.15) is 12.1 Å². The van der Waals surface area contributed by atoms with E-state index in [0.717, 1.165) is 25.9 Å². The van der Waals surface area contributed by atoms with Crippen molar-refractivity contribution in [2.45, 2.75) is 31.4 Å². The Hall–Kier alpha value is -0.650. The Morgan fingerprint density at radius 3 is 3.00 bits per heavy atom. The lowest BCUT2D eigenvalue weighted by atomic mass is 10.1. The first-order valence-corrected chi connectivity index (χ1v) is 5.11. The van der Waals surface area contributed by atoms with Crippen molar-refractivity contribution in [1.82, 2.24) is 5.32 Å². The maximum Gasteiger partial charge on any atom is 0.323 e. The lowest BCUT2D eigenvalue weighted by Gasteiger charge is -2.24. The van der Waals surface area contributed by atoms with Gasteiger partial charge in [0.25, 0.3) is 0 Å². The van der Waals surface area contributed by atoms with Crippen LogP contribution in [0, 0.1) is 0 Å². The van der Waals surface area contributed by atoms with Gasteiger partial charge in [-0.2, -0.15) is 0 Å². The van der Waals surface area contributed by atoms with Gasteiger partial charge in [-0.1, -0.05) is 0 Å². The number of ether oxygens (including phenoxy) is 1. The standard InChI is InChI=1S/C9H19N3O2/c10-4-3-8(11)9(13)14-7-2-1-5-12-6-7/h7-8,12H,1-6,10-11H2. The molecule has 5 nitrogen and oxygen atoms in total. The summed E-state index contributed by atoms with van der Waals surface area (Å²) in [7, 11) is 0. The molecule has 1 rings (SSSR count). The molecule has 2 atom stereocenters. The van der Waals surface area contributed by atoms with E-state index < -0.39 is 6.04 Å². The number of nitrogens with one attached hydrogen (secondary N) is 1. The van der Waals surface area contributed by atoms with Crippen molar-refractivity contribution in [3.8, 4) is 0 Å². The van der Waals surface area contributed by atoms with E-state index in [1.54, 1.807) is 0 Å². The van der Waals surface area contributed by atoms with Crippen LogP contribution in [0.4, 0.5) is 0 Å². The van der Waals surface area contributed by atoms with Crippen LogP contribution in [0.15, 0.2) is 0 Å². The molecule has 1 fully saturated rings. The normalized spacial score (nSPS) is 24.3. The molecule has 1 aliphatic rings. The van der Waals surface area contributed by atoms with Crippen molar-refractivity contribution >= 4 is 5.97 Å². The van der Waals surface area contributed by atoms with Crippen LogP contribution in [0.3, 0.4) is 0 Å². The summed E-state index contributed by atoms with van der Waals surface area (Å²) in [4.78, 5) is 11.4. The third kappa shape index (κ3) is 3.61. The number of rotatable bonds is 4. The van der Waals surface area contributed by atoms with Gasteiger partial charge in [-0.15, -0.1) is 0 Å². The number of piperidine rings is 1. The van der Waals surface area contributed by atoms with Crippen LogP contribution in [0.25, 0.3) is 0 Å². The van der Waals surface area contributed by atoms with Crippen molar-refractivity contribution in [3.63, 3.8) is 0 Å². The molecule has 0 aromatic rings. The fourth-order valence-corrected chi connectivity index (χ4v) is 1.47. The molecular weight excluding hydrogens is 182 g/mol. The summed E-state index contributed by atoms with van der Waals surface area (Å²) in [6, 6.07) is -0.568. The summed E-state index contributed by atoms with van der Waals surface area (Å²) in [5, 5.41) is 3.17. The van der Waals surface area contributed by atoms with E-state index in [2.05, 4.69) is 5.32 Å². The van der Waals surface area contributed by atoms with Gasteiger partial charge in [-0.25, -0.2) is 0 Å². The second kappa shape index (κ2) is 5.95. The van der Waals surface area contributed by atoms with Gasteiger partial charge in [0.2, 0.25) is 0 Å². The molecular formula is C9H19N3O2. The Morgan fingerprint density at radius 1 is 1.64 bits per heavy atom. The largest absolute Gasteiger partial charge is 0.460 e. The van der Waals surface area contributed by atoms with E-state index in [1.807, 2.05) is 0 Å². The highest BCUT2D eigenvalue weighted by molar-refractivity contribution is 5.75. The van der Waals surface area contributed by atoms with Gasteiger partial charge in [-0.3, -0.25) is 4.79 Å². The number of esters is 1. The number of carbonyl (C=O) groups excluding carboxylic acids is 1. The average Bonchev–Trinajstić information content (AvgIpc) is 2.19. The average molecular weight is 201 g/mol. The second-order valence-corrected chi connectivity index (χ2v) is 3.59. The smallest absolute Gasteiger partial charge is 0.323 e. The molecule has 0 amide bonds. The highest BCUT2D eigenvalue weighted by Gasteiger charge is 2.21. The predicted molar refractivity (Wildman–Crippen MR) is 53.6 cm³/mol.